The summed E-state index contributed by atoms with van der Waals surface area (Å²) in [5, 5.41) is 7.19. The lowest BCUT2D eigenvalue weighted by Crippen LogP contribution is -2.24. The van der Waals surface area contributed by atoms with E-state index in [0.29, 0.717) is 6.54 Å². The SMILES string of the molecule is Cc1cc(C)cc(-n2cc(CC(=O)NCc3ccc(F)c(Cl)c3)cn2)c1. The fourth-order valence-corrected chi connectivity index (χ4v) is 2.98. The summed E-state index contributed by atoms with van der Waals surface area (Å²) in [7, 11) is 0. The van der Waals surface area contributed by atoms with Crippen molar-refractivity contribution < 1.29 is 9.18 Å². The van der Waals surface area contributed by atoms with Gasteiger partial charge in [0.2, 0.25) is 5.91 Å². The molecule has 1 amide bonds. The molecule has 3 rings (SSSR count). The fraction of sp³-hybridized carbons (Fsp3) is 0.200. The third kappa shape index (κ3) is 4.49. The zero-order valence-corrected chi connectivity index (χ0v) is 15.3. The van der Waals surface area contributed by atoms with Gasteiger partial charge >= 0.3 is 0 Å². The number of rotatable bonds is 5. The summed E-state index contributed by atoms with van der Waals surface area (Å²) in [6.45, 7) is 4.37. The first-order valence-corrected chi connectivity index (χ1v) is 8.61. The van der Waals surface area contributed by atoms with Crippen molar-refractivity contribution in [2.75, 3.05) is 0 Å². The van der Waals surface area contributed by atoms with Crippen LogP contribution in [0.1, 0.15) is 22.3 Å². The maximum absolute atomic E-state index is 13.1. The Bertz CT molecular complexity index is 932. The average Bonchev–Trinajstić information content (AvgIpc) is 3.03. The number of nitrogens with one attached hydrogen (secondary N) is 1. The molecule has 2 aromatic carbocycles. The number of amides is 1. The van der Waals surface area contributed by atoms with Gasteiger partial charge in [-0.3, -0.25) is 4.79 Å². The highest BCUT2D eigenvalue weighted by Crippen LogP contribution is 2.16. The number of benzene rings is 2. The molecule has 6 heteroatoms. The molecular weight excluding hydrogens is 353 g/mol. The molecule has 0 saturated carbocycles. The van der Waals surface area contributed by atoms with Crippen LogP contribution in [0.25, 0.3) is 5.69 Å². The first-order valence-electron chi connectivity index (χ1n) is 8.23. The number of hydrogen-bond donors (Lipinski definition) is 1. The second-order valence-electron chi connectivity index (χ2n) is 6.34. The van der Waals surface area contributed by atoms with E-state index in [4.69, 9.17) is 11.6 Å². The Kier molecular flexibility index (Phi) is 5.38. The highest BCUT2D eigenvalue weighted by Gasteiger charge is 2.08. The minimum Gasteiger partial charge on any atom is -0.352 e. The van der Waals surface area contributed by atoms with E-state index in [2.05, 4.69) is 16.5 Å². The van der Waals surface area contributed by atoms with Gasteiger partial charge in [-0.2, -0.15) is 5.10 Å². The van der Waals surface area contributed by atoms with Gasteiger partial charge in [-0.15, -0.1) is 0 Å². The molecule has 0 radical (unpaired) electrons. The average molecular weight is 372 g/mol. The van der Waals surface area contributed by atoms with Gasteiger partial charge in [0.25, 0.3) is 0 Å². The van der Waals surface area contributed by atoms with Gasteiger partial charge in [-0.1, -0.05) is 23.7 Å². The summed E-state index contributed by atoms with van der Waals surface area (Å²) in [4.78, 5) is 12.1. The Labute approximate surface area is 156 Å². The molecule has 0 atom stereocenters. The summed E-state index contributed by atoms with van der Waals surface area (Å²) < 4.78 is 14.9. The van der Waals surface area contributed by atoms with Crippen molar-refractivity contribution >= 4 is 17.5 Å². The summed E-state index contributed by atoms with van der Waals surface area (Å²) >= 11 is 5.74. The number of carbonyl (C=O) groups is 1. The zero-order chi connectivity index (χ0) is 18.7. The first kappa shape index (κ1) is 18.1. The van der Waals surface area contributed by atoms with Crippen molar-refractivity contribution in [2.24, 2.45) is 0 Å². The van der Waals surface area contributed by atoms with E-state index < -0.39 is 5.82 Å². The lowest BCUT2D eigenvalue weighted by Gasteiger charge is -2.06. The molecule has 4 nitrogen and oxygen atoms in total. The molecule has 134 valence electrons. The number of aryl methyl sites for hydroxylation is 2. The topological polar surface area (TPSA) is 46.9 Å². The summed E-state index contributed by atoms with van der Waals surface area (Å²) in [6.07, 6.45) is 3.76. The van der Waals surface area contributed by atoms with Crippen LogP contribution in [0.2, 0.25) is 5.02 Å². The van der Waals surface area contributed by atoms with Gasteiger partial charge in [0.05, 0.1) is 23.3 Å². The predicted octanol–water partition coefficient (Wildman–Crippen LogP) is 4.14. The molecule has 3 aromatic rings. The second-order valence-corrected chi connectivity index (χ2v) is 6.75. The third-order valence-corrected chi connectivity index (χ3v) is 4.24. The van der Waals surface area contributed by atoms with Crippen LogP contribution in [-0.4, -0.2) is 15.7 Å². The maximum Gasteiger partial charge on any atom is 0.224 e. The van der Waals surface area contributed by atoms with Crippen molar-refractivity contribution in [3.8, 4) is 5.69 Å². The Morgan fingerprint density at radius 1 is 1.15 bits per heavy atom. The number of aromatic nitrogens is 2. The van der Waals surface area contributed by atoms with Crippen LogP contribution < -0.4 is 5.32 Å². The normalized spacial score (nSPS) is 10.8. The number of carbonyl (C=O) groups excluding carboxylic acids is 1. The van der Waals surface area contributed by atoms with Crippen LogP contribution in [0.3, 0.4) is 0 Å². The van der Waals surface area contributed by atoms with Gasteiger partial charge in [-0.25, -0.2) is 9.07 Å². The van der Waals surface area contributed by atoms with E-state index in [0.717, 1.165) is 27.9 Å². The molecule has 0 aliphatic heterocycles. The molecule has 0 fully saturated rings. The Morgan fingerprint density at radius 3 is 2.58 bits per heavy atom. The highest BCUT2D eigenvalue weighted by molar-refractivity contribution is 6.30. The van der Waals surface area contributed by atoms with E-state index in [1.165, 1.54) is 12.1 Å². The van der Waals surface area contributed by atoms with Crippen molar-refractivity contribution in [2.45, 2.75) is 26.8 Å². The summed E-state index contributed by atoms with van der Waals surface area (Å²) in [5.41, 5.74) is 4.85. The first-order chi connectivity index (χ1) is 12.4. The standard InChI is InChI=1S/C20H19ClFN3O/c1-13-5-14(2)7-17(6-13)25-12-16(11-24-25)9-20(26)23-10-15-3-4-19(22)18(21)8-15/h3-8,11-12H,9-10H2,1-2H3,(H,23,26). The van der Waals surface area contributed by atoms with E-state index in [1.54, 1.807) is 16.9 Å². The second kappa shape index (κ2) is 7.70. The van der Waals surface area contributed by atoms with Gasteiger partial charge < -0.3 is 5.32 Å². The Morgan fingerprint density at radius 2 is 1.88 bits per heavy atom. The van der Waals surface area contributed by atoms with Gasteiger partial charge in [0.15, 0.2) is 0 Å². The predicted molar refractivity (Wildman–Crippen MR) is 100.0 cm³/mol. The van der Waals surface area contributed by atoms with Crippen molar-refractivity contribution in [1.29, 1.82) is 0 Å². The van der Waals surface area contributed by atoms with Crippen LogP contribution in [0, 0.1) is 19.7 Å². The molecular formula is C20H19ClFN3O. The van der Waals surface area contributed by atoms with Crippen LogP contribution in [0.4, 0.5) is 4.39 Å². The quantitative estimate of drug-likeness (QED) is 0.732. The molecule has 1 N–H and O–H groups in total. The molecule has 1 aromatic heterocycles. The van der Waals surface area contributed by atoms with E-state index in [9.17, 15) is 9.18 Å². The van der Waals surface area contributed by atoms with Gasteiger partial charge in [-0.05, 0) is 60.4 Å². The lowest BCUT2D eigenvalue weighted by atomic mass is 10.1. The Balaban J connectivity index is 1.61. The molecule has 0 aliphatic carbocycles. The number of hydrogen-bond acceptors (Lipinski definition) is 2. The van der Waals surface area contributed by atoms with Crippen molar-refractivity contribution in [3.05, 3.63) is 81.9 Å². The van der Waals surface area contributed by atoms with Crippen molar-refractivity contribution in [1.82, 2.24) is 15.1 Å². The maximum atomic E-state index is 13.1. The lowest BCUT2D eigenvalue weighted by molar-refractivity contribution is -0.120. The van der Waals surface area contributed by atoms with Crippen LogP contribution in [-0.2, 0) is 17.8 Å². The molecule has 0 saturated heterocycles. The molecule has 1 heterocycles. The smallest absolute Gasteiger partial charge is 0.224 e. The number of nitrogens with zero attached hydrogens (tertiary/aromatic N) is 2. The highest BCUT2D eigenvalue weighted by atomic mass is 35.5. The van der Waals surface area contributed by atoms with Gasteiger partial charge in [0.1, 0.15) is 5.82 Å². The van der Waals surface area contributed by atoms with Crippen molar-refractivity contribution in [3.63, 3.8) is 0 Å². The monoisotopic (exact) mass is 371 g/mol. The largest absolute Gasteiger partial charge is 0.352 e. The van der Waals surface area contributed by atoms with Gasteiger partial charge in [0, 0.05) is 12.7 Å². The zero-order valence-electron chi connectivity index (χ0n) is 14.6. The minimum absolute atomic E-state index is 0.0477. The molecule has 0 unspecified atom stereocenters. The fourth-order valence-electron chi connectivity index (χ4n) is 2.77. The molecule has 26 heavy (non-hydrogen) atoms. The summed E-state index contributed by atoms with van der Waals surface area (Å²) in [6, 6.07) is 10.6. The van der Waals surface area contributed by atoms with Crippen LogP contribution >= 0.6 is 11.6 Å². The molecule has 0 spiro atoms. The van der Waals surface area contributed by atoms with E-state index in [1.807, 2.05) is 32.2 Å². The van der Waals surface area contributed by atoms with Crippen LogP contribution in [0.5, 0.6) is 0 Å². The third-order valence-electron chi connectivity index (χ3n) is 3.95. The summed E-state index contributed by atoms with van der Waals surface area (Å²) in [5.74, 6) is -0.606. The van der Waals surface area contributed by atoms with Crippen LogP contribution in [0.15, 0.2) is 48.8 Å². The molecule has 0 aliphatic rings. The number of halogens is 2. The molecule has 0 bridgehead atoms. The van der Waals surface area contributed by atoms with E-state index in [-0.39, 0.29) is 17.4 Å². The van der Waals surface area contributed by atoms with E-state index >= 15 is 0 Å². The minimum atomic E-state index is -0.472. The Hall–Kier alpha value is -2.66.